The van der Waals surface area contributed by atoms with Crippen molar-refractivity contribution < 1.29 is 0 Å². The van der Waals surface area contributed by atoms with Crippen LogP contribution in [0.5, 0.6) is 0 Å². The number of fused-ring (bicyclic) bond motifs is 11. The van der Waals surface area contributed by atoms with Crippen molar-refractivity contribution in [3.63, 3.8) is 0 Å². The summed E-state index contributed by atoms with van der Waals surface area (Å²) in [6.07, 6.45) is 0. The van der Waals surface area contributed by atoms with E-state index in [0.717, 1.165) is 28.3 Å². The molecule has 190 valence electrons. The molecule has 1 heterocycles. The van der Waals surface area contributed by atoms with Gasteiger partial charge in [-0.25, -0.2) is 9.97 Å². The molecule has 0 radical (unpaired) electrons. The topological polar surface area (TPSA) is 25.8 Å². The predicted octanol–water partition coefficient (Wildman–Crippen LogP) is 9.31. The van der Waals surface area contributed by atoms with Crippen molar-refractivity contribution in [2.24, 2.45) is 0 Å². The third-order valence-electron chi connectivity index (χ3n) is 8.88. The molecule has 7 aromatic rings. The summed E-state index contributed by atoms with van der Waals surface area (Å²) >= 11 is 0. The Morgan fingerprint density at radius 1 is 0.390 bits per heavy atom. The van der Waals surface area contributed by atoms with Crippen LogP contribution in [0, 0.1) is 0 Å². The van der Waals surface area contributed by atoms with Crippen molar-refractivity contribution in [2.45, 2.75) is 5.41 Å². The summed E-state index contributed by atoms with van der Waals surface area (Å²) in [6.45, 7) is 0. The third kappa shape index (κ3) is 2.97. The molecular weight excluding hydrogens is 496 g/mol. The molecule has 0 saturated heterocycles. The molecule has 1 aromatic heterocycles. The molecule has 0 N–H and O–H groups in total. The van der Waals surface area contributed by atoms with Crippen LogP contribution in [-0.2, 0) is 5.41 Å². The van der Waals surface area contributed by atoms with Crippen molar-refractivity contribution in [2.75, 3.05) is 0 Å². The van der Waals surface area contributed by atoms with Crippen molar-refractivity contribution in [3.05, 3.63) is 168 Å². The molecule has 9 rings (SSSR count). The molecule has 2 aliphatic carbocycles. The number of aromatic nitrogens is 2. The summed E-state index contributed by atoms with van der Waals surface area (Å²) in [5.41, 5.74) is 12.4. The van der Waals surface area contributed by atoms with Crippen LogP contribution in [0.2, 0.25) is 0 Å². The van der Waals surface area contributed by atoms with Gasteiger partial charge in [0.2, 0.25) is 0 Å². The maximum absolute atomic E-state index is 5.43. The van der Waals surface area contributed by atoms with Gasteiger partial charge >= 0.3 is 0 Å². The molecule has 0 bridgehead atoms. The highest BCUT2D eigenvalue weighted by molar-refractivity contribution is 5.98. The minimum absolute atomic E-state index is 0.505. The second-order valence-electron chi connectivity index (χ2n) is 10.9. The average molecular weight is 521 g/mol. The van der Waals surface area contributed by atoms with E-state index in [1.807, 2.05) is 6.07 Å². The first-order valence-electron chi connectivity index (χ1n) is 14.1. The van der Waals surface area contributed by atoms with E-state index in [2.05, 4.69) is 140 Å². The molecule has 0 aliphatic heterocycles. The maximum Gasteiger partial charge on any atom is 0.160 e. The molecule has 2 nitrogen and oxygen atoms in total. The van der Waals surface area contributed by atoms with Gasteiger partial charge in [-0.15, -0.1) is 0 Å². The number of hydrogen-bond acceptors (Lipinski definition) is 2. The molecule has 2 heteroatoms. The molecule has 1 spiro atoms. The summed E-state index contributed by atoms with van der Waals surface area (Å²) < 4.78 is 0. The van der Waals surface area contributed by atoms with Crippen LogP contribution in [0.3, 0.4) is 0 Å². The lowest BCUT2D eigenvalue weighted by atomic mass is 9.69. The fraction of sp³-hybridized carbons (Fsp3) is 0.0256. The van der Waals surface area contributed by atoms with E-state index in [1.165, 1.54) is 49.7 Å². The van der Waals surface area contributed by atoms with Gasteiger partial charge in [0.05, 0.1) is 16.8 Å². The second-order valence-corrected chi connectivity index (χ2v) is 10.9. The lowest BCUT2D eigenvalue weighted by molar-refractivity contribution is 0.788. The van der Waals surface area contributed by atoms with Crippen LogP contribution < -0.4 is 0 Å². The molecule has 0 saturated carbocycles. The average Bonchev–Trinajstić information content (AvgIpc) is 3.52. The van der Waals surface area contributed by atoms with E-state index in [9.17, 15) is 0 Å². The first-order chi connectivity index (χ1) is 20.3. The number of benzene rings is 6. The predicted molar refractivity (Wildman–Crippen MR) is 167 cm³/mol. The SMILES string of the molecule is c1ccc(-c2nc(-c3ccc4ccccc4c3)c3c(n2)-c2ccccc2C32c3ccccc3-c3ccccc32)cc1. The Hall–Kier alpha value is -5.34. The van der Waals surface area contributed by atoms with Crippen molar-refractivity contribution in [3.8, 4) is 45.0 Å². The standard InChI is InChI=1S/C39H24N2/c1-2-13-26(14-3-1)38-40-36(28-23-22-25-12-4-5-15-27(25)24-28)35-37(41-38)31-18-8-11-21-34(31)39(35)32-19-9-6-16-29(32)30-17-7-10-20-33(30)39/h1-24H. The summed E-state index contributed by atoms with van der Waals surface area (Å²) in [5.74, 6) is 0.749. The molecule has 0 atom stereocenters. The second kappa shape index (κ2) is 8.33. The van der Waals surface area contributed by atoms with E-state index in [0.29, 0.717) is 0 Å². The Morgan fingerprint density at radius 3 is 1.63 bits per heavy atom. The van der Waals surface area contributed by atoms with E-state index in [1.54, 1.807) is 0 Å². The zero-order valence-electron chi connectivity index (χ0n) is 22.3. The third-order valence-corrected chi connectivity index (χ3v) is 8.88. The van der Waals surface area contributed by atoms with Crippen molar-refractivity contribution >= 4 is 10.8 Å². The van der Waals surface area contributed by atoms with Gasteiger partial charge in [-0.05, 0) is 44.7 Å². The van der Waals surface area contributed by atoms with E-state index in [4.69, 9.17) is 9.97 Å². The number of rotatable bonds is 2. The Kier molecular flexibility index (Phi) is 4.57. The maximum atomic E-state index is 5.43. The Balaban J connectivity index is 1.47. The monoisotopic (exact) mass is 520 g/mol. The molecule has 0 unspecified atom stereocenters. The summed E-state index contributed by atoms with van der Waals surface area (Å²) in [6, 6.07) is 52.2. The quantitative estimate of drug-likeness (QED) is 0.227. The van der Waals surface area contributed by atoms with Crippen molar-refractivity contribution in [1.29, 1.82) is 0 Å². The lowest BCUT2D eigenvalue weighted by Crippen LogP contribution is -2.27. The molecule has 0 fully saturated rings. The van der Waals surface area contributed by atoms with E-state index >= 15 is 0 Å². The van der Waals surface area contributed by atoms with Crippen LogP contribution in [0.25, 0.3) is 55.8 Å². The lowest BCUT2D eigenvalue weighted by Gasteiger charge is -2.31. The van der Waals surface area contributed by atoms with Gasteiger partial charge in [0.15, 0.2) is 5.82 Å². The largest absolute Gasteiger partial charge is 0.228 e. The van der Waals surface area contributed by atoms with E-state index < -0.39 is 5.41 Å². The van der Waals surface area contributed by atoms with E-state index in [-0.39, 0.29) is 0 Å². The minimum atomic E-state index is -0.505. The molecule has 0 amide bonds. The summed E-state index contributed by atoms with van der Waals surface area (Å²) in [4.78, 5) is 10.8. The summed E-state index contributed by atoms with van der Waals surface area (Å²) in [7, 11) is 0. The fourth-order valence-electron chi connectivity index (χ4n) is 7.22. The highest BCUT2D eigenvalue weighted by Gasteiger charge is 2.54. The van der Waals surface area contributed by atoms with Gasteiger partial charge in [-0.2, -0.15) is 0 Å². The molecule has 41 heavy (non-hydrogen) atoms. The van der Waals surface area contributed by atoms with Gasteiger partial charge in [0, 0.05) is 22.3 Å². The van der Waals surface area contributed by atoms with Crippen LogP contribution in [0.15, 0.2) is 146 Å². The number of hydrogen-bond donors (Lipinski definition) is 0. The van der Waals surface area contributed by atoms with Crippen LogP contribution in [0.4, 0.5) is 0 Å². The fourth-order valence-corrected chi connectivity index (χ4v) is 7.22. The number of nitrogens with zero attached hydrogens (tertiary/aromatic N) is 2. The molecule has 2 aliphatic rings. The molecule has 6 aromatic carbocycles. The Morgan fingerprint density at radius 2 is 0.927 bits per heavy atom. The van der Waals surface area contributed by atoms with Gasteiger partial charge in [0.25, 0.3) is 0 Å². The van der Waals surface area contributed by atoms with Crippen LogP contribution >= 0.6 is 0 Å². The highest BCUT2D eigenvalue weighted by atomic mass is 14.9. The highest BCUT2D eigenvalue weighted by Crippen LogP contribution is 2.63. The van der Waals surface area contributed by atoms with Gasteiger partial charge in [-0.3, -0.25) is 0 Å². The Bertz CT molecular complexity index is 2110. The minimum Gasteiger partial charge on any atom is -0.228 e. The van der Waals surface area contributed by atoms with Crippen LogP contribution in [-0.4, -0.2) is 9.97 Å². The normalized spacial score (nSPS) is 13.6. The van der Waals surface area contributed by atoms with Gasteiger partial charge in [-0.1, -0.05) is 140 Å². The van der Waals surface area contributed by atoms with Crippen molar-refractivity contribution in [1.82, 2.24) is 9.97 Å². The van der Waals surface area contributed by atoms with Crippen LogP contribution in [0.1, 0.15) is 22.3 Å². The smallest absolute Gasteiger partial charge is 0.160 e. The van der Waals surface area contributed by atoms with Gasteiger partial charge in [0.1, 0.15) is 0 Å². The summed E-state index contributed by atoms with van der Waals surface area (Å²) in [5, 5.41) is 2.43. The first-order valence-corrected chi connectivity index (χ1v) is 14.1. The first kappa shape index (κ1) is 22.5. The van der Waals surface area contributed by atoms with Gasteiger partial charge < -0.3 is 0 Å². The Labute approximate surface area is 238 Å². The zero-order valence-corrected chi connectivity index (χ0v) is 22.3. The zero-order chi connectivity index (χ0) is 27.0. The molecular formula is C39H24N2.